The highest BCUT2D eigenvalue weighted by Gasteiger charge is 2.60. The standard InChI is InChI=1S/2C4H4F6/c2*1-3(7,8)4(9,10)2(5)6/h2*2H,1H3. The van der Waals surface area contributed by atoms with Gasteiger partial charge in [0.05, 0.1) is 0 Å². The first-order valence-corrected chi connectivity index (χ1v) is 4.46. The Bertz CT molecular complexity index is 253. The summed E-state index contributed by atoms with van der Waals surface area (Å²) in [6.07, 6.45) is -8.65. The molecule has 12 heteroatoms. The topological polar surface area (TPSA) is 0 Å². The Morgan fingerprint density at radius 1 is 0.500 bits per heavy atom. The van der Waals surface area contributed by atoms with Crippen LogP contribution in [0, 0.1) is 0 Å². The third-order valence-corrected chi connectivity index (χ3v) is 1.72. The molecule has 0 nitrogen and oxygen atoms in total. The number of hydrogen-bond acceptors (Lipinski definition) is 0. The van der Waals surface area contributed by atoms with Gasteiger partial charge in [-0.25, -0.2) is 17.6 Å². The van der Waals surface area contributed by atoms with Crippen LogP contribution in [0.3, 0.4) is 0 Å². The minimum absolute atomic E-state index is 0.251. The molecule has 20 heavy (non-hydrogen) atoms. The van der Waals surface area contributed by atoms with Crippen LogP contribution in [0.4, 0.5) is 52.7 Å². The summed E-state index contributed by atoms with van der Waals surface area (Å²) >= 11 is 0. The summed E-state index contributed by atoms with van der Waals surface area (Å²) in [6.45, 7) is -0.502. The van der Waals surface area contributed by atoms with Crippen molar-refractivity contribution >= 4 is 0 Å². The van der Waals surface area contributed by atoms with Crippen LogP contribution in [0.5, 0.6) is 0 Å². The molecule has 0 heterocycles. The zero-order valence-electron chi connectivity index (χ0n) is 9.69. The van der Waals surface area contributed by atoms with E-state index >= 15 is 0 Å². The lowest BCUT2D eigenvalue weighted by Crippen LogP contribution is -2.43. The Labute approximate surface area is 104 Å². The monoisotopic (exact) mass is 332 g/mol. The van der Waals surface area contributed by atoms with Gasteiger partial charge < -0.3 is 0 Å². The Hall–Kier alpha value is -0.840. The van der Waals surface area contributed by atoms with Crippen LogP contribution >= 0.6 is 0 Å². The van der Waals surface area contributed by atoms with E-state index in [4.69, 9.17) is 0 Å². The molecule has 0 N–H and O–H groups in total. The largest absolute Gasteiger partial charge is 0.368 e. The summed E-state index contributed by atoms with van der Waals surface area (Å²) in [5, 5.41) is 0. The van der Waals surface area contributed by atoms with Crippen molar-refractivity contribution in [3.8, 4) is 0 Å². The van der Waals surface area contributed by atoms with Gasteiger partial charge in [-0.3, -0.25) is 0 Å². The van der Waals surface area contributed by atoms with E-state index in [1.807, 2.05) is 0 Å². The summed E-state index contributed by atoms with van der Waals surface area (Å²) < 4.78 is 137. The molecule has 124 valence electrons. The van der Waals surface area contributed by atoms with Gasteiger partial charge in [-0.05, 0) is 0 Å². The SMILES string of the molecule is CC(F)(F)C(F)(F)C(F)F.CC(F)(F)C(F)(F)C(F)F. The van der Waals surface area contributed by atoms with E-state index in [2.05, 4.69) is 0 Å². The minimum Gasteiger partial charge on any atom is -0.203 e. The fourth-order valence-electron chi connectivity index (χ4n) is 0.383. The molecule has 0 spiro atoms. The van der Waals surface area contributed by atoms with Gasteiger partial charge in [-0.2, -0.15) is 35.1 Å². The molecule has 0 rings (SSSR count). The molecule has 0 unspecified atom stereocenters. The van der Waals surface area contributed by atoms with Crippen LogP contribution in [0.15, 0.2) is 0 Å². The van der Waals surface area contributed by atoms with Crippen molar-refractivity contribution in [1.29, 1.82) is 0 Å². The van der Waals surface area contributed by atoms with E-state index in [1.165, 1.54) is 0 Å². The van der Waals surface area contributed by atoms with E-state index in [0.29, 0.717) is 0 Å². The van der Waals surface area contributed by atoms with Gasteiger partial charge in [0.2, 0.25) is 0 Å². The molecule has 0 amide bonds. The molecule has 0 aromatic heterocycles. The highest BCUT2D eigenvalue weighted by atomic mass is 19.4. The summed E-state index contributed by atoms with van der Waals surface area (Å²) in [5.41, 5.74) is 0. The van der Waals surface area contributed by atoms with Crippen molar-refractivity contribution in [2.75, 3.05) is 0 Å². The molecule has 0 aromatic rings. The predicted molar refractivity (Wildman–Crippen MR) is 43.1 cm³/mol. The lowest BCUT2D eigenvalue weighted by molar-refractivity contribution is -0.255. The van der Waals surface area contributed by atoms with E-state index in [9.17, 15) is 52.7 Å². The van der Waals surface area contributed by atoms with Gasteiger partial charge >= 0.3 is 36.5 Å². The fraction of sp³-hybridized carbons (Fsp3) is 1.00. The molecule has 0 atom stereocenters. The smallest absolute Gasteiger partial charge is 0.203 e. The zero-order chi connectivity index (χ0) is 17.2. The van der Waals surface area contributed by atoms with E-state index < -0.39 is 36.5 Å². The fourth-order valence-corrected chi connectivity index (χ4v) is 0.383. The molecule has 0 radical (unpaired) electrons. The second kappa shape index (κ2) is 6.29. The van der Waals surface area contributed by atoms with E-state index in [1.54, 1.807) is 0 Å². The van der Waals surface area contributed by atoms with E-state index in [-0.39, 0.29) is 13.8 Å². The molecule has 0 aliphatic rings. The predicted octanol–water partition coefficient (Wildman–Crippen LogP) is 5.08. The maximum atomic E-state index is 11.6. The highest BCUT2D eigenvalue weighted by molar-refractivity contribution is 4.83. The molecule has 0 aliphatic carbocycles. The Kier molecular flexibility index (Phi) is 6.75. The number of alkyl halides is 12. The summed E-state index contributed by atoms with van der Waals surface area (Å²) in [6, 6.07) is 0. The highest BCUT2D eigenvalue weighted by Crippen LogP contribution is 2.39. The molecule has 0 bridgehead atoms. The number of hydrogen-bond donors (Lipinski definition) is 0. The lowest BCUT2D eigenvalue weighted by atomic mass is 10.2. The first-order chi connectivity index (χ1) is 8.39. The van der Waals surface area contributed by atoms with Crippen molar-refractivity contribution in [2.45, 2.75) is 50.4 Å². The first-order valence-electron chi connectivity index (χ1n) is 4.46. The molecular weight excluding hydrogens is 324 g/mol. The Balaban J connectivity index is 0. The van der Waals surface area contributed by atoms with Crippen molar-refractivity contribution in [3.05, 3.63) is 0 Å². The normalized spacial score (nSPS) is 14.4. The number of halogens is 12. The third kappa shape index (κ3) is 5.27. The van der Waals surface area contributed by atoms with Crippen molar-refractivity contribution in [1.82, 2.24) is 0 Å². The van der Waals surface area contributed by atoms with Gasteiger partial charge in [0.1, 0.15) is 0 Å². The summed E-state index contributed by atoms with van der Waals surface area (Å²) in [4.78, 5) is 0. The van der Waals surface area contributed by atoms with Gasteiger partial charge in [0.25, 0.3) is 0 Å². The number of rotatable bonds is 4. The van der Waals surface area contributed by atoms with Crippen molar-refractivity contribution in [2.24, 2.45) is 0 Å². The average molecular weight is 332 g/mol. The second-order valence-electron chi connectivity index (χ2n) is 3.62. The lowest BCUT2D eigenvalue weighted by Gasteiger charge is -2.21. The zero-order valence-corrected chi connectivity index (χ0v) is 9.69. The van der Waals surface area contributed by atoms with Crippen LogP contribution in [0.1, 0.15) is 13.8 Å². The molecule has 0 saturated heterocycles. The van der Waals surface area contributed by atoms with Crippen molar-refractivity contribution in [3.63, 3.8) is 0 Å². The molecule has 0 fully saturated rings. The summed E-state index contributed by atoms with van der Waals surface area (Å²) in [7, 11) is 0. The Morgan fingerprint density at radius 3 is 0.650 bits per heavy atom. The summed E-state index contributed by atoms with van der Waals surface area (Å²) in [5.74, 6) is -19.8. The Morgan fingerprint density at radius 2 is 0.650 bits per heavy atom. The molecule has 0 aliphatic heterocycles. The van der Waals surface area contributed by atoms with Gasteiger partial charge in [-0.1, -0.05) is 0 Å². The van der Waals surface area contributed by atoms with Crippen LogP contribution in [0.25, 0.3) is 0 Å². The van der Waals surface area contributed by atoms with Gasteiger partial charge in [0, 0.05) is 13.8 Å². The van der Waals surface area contributed by atoms with Gasteiger partial charge in [-0.15, -0.1) is 0 Å². The maximum absolute atomic E-state index is 11.6. The first kappa shape index (κ1) is 21.5. The molecular formula is C8H8F12. The van der Waals surface area contributed by atoms with Crippen LogP contribution in [-0.4, -0.2) is 36.5 Å². The average Bonchev–Trinajstić information content (AvgIpc) is 2.14. The maximum Gasteiger partial charge on any atom is 0.368 e. The van der Waals surface area contributed by atoms with Crippen LogP contribution in [-0.2, 0) is 0 Å². The van der Waals surface area contributed by atoms with Crippen LogP contribution in [0.2, 0.25) is 0 Å². The van der Waals surface area contributed by atoms with Gasteiger partial charge in [0.15, 0.2) is 0 Å². The quantitative estimate of drug-likeness (QED) is 0.630. The van der Waals surface area contributed by atoms with E-state index in [0.717, 1.165) is 0 Å². The van der Waals surface area contributed by atoms with Crippen LogP contribution < -0.4 is 0 Å². The molecule has 0 aromatic carbocycles. The van der Waals surface area contributed by atoms with Crippen molar-refractivity contribution < 1.29 is 52.7 Å². The third-order valence-electron chi connectivity index (χ3n) is 1.72. The molecule has 0 saturated carbocycles. The minimum atomic E-state index is -5.23. The second-order valence-corrected chi connectivity index (χ2v) is 3.62.